The zero-order chi connectivity index (χ0) is 18.5. The molecular formula is C19H17ClN2O4. The fourth-order valence-corrected chi connectivity index (χ4v) is 2.80. The molecule has 1 amide bonds. The van der Waals surface area contributed by atoms with Gasteiger partial charge in [0.1, 0.15) is 18.8 Å². The molecule has 2 N–H and O–H groups in total. The van der Waals surface area contributed by atoms with Crippen LogP contribution in [-0.2, 0) is 20.9 Å². The summed E-state index contributed by atoms with van der Waals surface area (Å²) in [6.07, 6.45) is 0. The van der Waals surface area contributed by atoms with Crippen molar-refractivity contribution >= 4 is 29.2 Å². The molecule has 1 heterocycles. The van der Waals surface area contributed by atoms with Gasteiger partial charge in [-0.3, -0.25) is 14.5 Å². The van der Waals surface area contributed by atoms with E-state index in [2.05, 4.69) is 5.32 Å². The first-order valence-electron chi connectivity index (χ1n) is 7.96. The van der Waals surface area contributed by atoms with Crippen molar-refractivity contribution in [3.05, 3.63) is 77.7 Å². The van der Waals surface area contributed by atoms with Crippen molar-refractivity contribution in [2.45, 2.75) is 12.1 Å². The maximum absolute atomic E-state index is 12.4. The van der Waals surface area contributed by atoms with Gasteiger partial charge in [0.15, 0.2) is 5.50 Å². The molecule has 0 aromatic heterocycles. The van der Waals surface area contributed by atoms with Crippen LogP contribution in [0.2, 0.25) is 0 Å². The summed E-state index contributed by atoms with van der Waals surface area (Å²) >= 11 is 5.92. The average Bonchev–Trinajstić information content (AvgIpc) is 2.66. The van der Waals surface area contributed by atoms with Gasteiger partial charge in [-0.1, -0.05) is 72.3 Å². The van der Waals surface area contributed by atoms with E-state index in [4.69, 9.17) is 16.3 Å². The van der Waals surface area contributed by atoms with Crippen molar-refractivity contribution in [1.82, 2.24) is 10.2 Å². The quantitative estimate of drug-likeness (QED) is 0.479. The number of benzene rings is 2. The number of rotatable bonds is 5. The second kappa shape index (κ2) is 7.93. The highest BCUT2D eigenvalue weighted by molar-refractivity contribution is 6.31. The molecule has 0 fully saturated rings. The predicted molar refractivity (Wildman–Crippen MR) is 96.7 cm³/mol. The Balaban J connectivity index is 1.77. The van der Waals surface area contributed by atoms with Crippen LogP contribution in [0.4, 0.5) is 0 Å². The Labute approximate surface area is 155 Å². The molecule has 134 valence electrons. The number of carbonyl (C=O) groups is 2. The van der Waals surface area contributed by atoms with E-state index in [0.29, 0.717) is 5.56 Å². The lowest BCUT2D eigenvalue weighted by molar-refractivity contribution is -0.148. The van der Waals surface area contributed by atoms with Gasteiger partial charge in [-0.25, -0.2) is 0 Å². The van der Waals surface area contributed by atoms with E-state index in [1.807, 2.05) is 36.4 Å². The normalized spacial score (nSPS) is 17.0. The number of hydrogen-bond acceptors (Lipinski definition) is 5. The molecule has 0 radical (unpaired) electrons. The summed E-state index contributed by atoms with van der Waals surface area (Å²) in [6, 6.07) is 18.0. The minimum atomic E-state index is -1.16. The van der Waals surface area contributed by atoms with Crippen molar-refractivity contribution in [1.29, 1.82) is 0 Å². The van der Waals surface area contributed by atoms with Crippen LogP contribution >= 0.6 is 11.6 Å². The summed E-state index contributed by atoms with van der Waals surface area (Å²) in [4.78, 5) is 25.8. The number of amides is 1. The molecule has 6 nitrogen and oxygen atoms in total. The molecule has 7 heteroatoms. The van der Waals surface area contributed by atoms with Gasteiger partial charge in [0.05, 0.1) is 0 Å². The summed E-state index contributed by atoms with van der Waals surface area (Å²) in [6.45, 7) is -0.258. The number of esters is 1. The maximum Gasteiger partial charge on any atom is 0.326 e. The Morgan fingerprint density at radius 1 is 1.12 bits per heavy atom. The standard InChI is InChI=1S/C19H17ClN2O4/c20-17-19(25)22(11-15(23)26-12-13-7-3-1-4-8-13)16(18(24)21-17)14-9-5-2-6-10-14/h1-10,17,21,24H,11-12H2. The molecule has 26 heavy (non-hydrogen) atoms. The van der Waals surface area contributed by atoms with Gasteiger partial charge in [-0.2, -0.15) is 0 Å². The third kappa shape index (κ3) is 3.97. The van der Waals surface area contributed by atoms with Gasteiger partial charge < -0.3 is 15.2 Å². The lowest BCUT2D eigenvalue weighted by atomic mass is 10.1. The molecule has 1 atom stereocenters. The third-order valence-electron chi connectivity index (χ3n) is 3.82. The van der Waals surface area contributed by atoms with Crippen LogP contribution in [0.25, 0.3) is 5.70 Å². The van der Waals surface area contributed by atoms with Crippen LogP contribution in [0, 0.1) is 0 Å². The van der Waals surface area contributed by atoms with Gasteiger partial charge in [-0.15, -0.1) is 0 Å². The Morgan fingerprint density at radius 2 is 1.73 bits per heavy atom. The molecule has 0 aliphatic carbocycles. The number of alkyl halides is 1. The lowest BCUT2D eigenvalue weighted by Crippen LogP contribution is -2.49. The molecular weight excluding hydrogens is 356 g/mol. The third-order valence-corrected chi connectivity index (χ3v) is 4.11. The number of carbonyl (C=O) groups excluding carboxylic acids is 2. The van der Waals surface area contributed by atoms with Crippen molar-refractivity contribution < 1.29 is 19.4 Å². The van der Waals surface area contributed by atoms with Crippen LogP contribution in [0.15, 0.2) is 66.5 Å². The number of halogens is 1. The number of ether oxygens (including phenoxy) is 1. The molecule has 0 bridgehead atoms. The zero-order valence-electron chi connectivity index (χ0n) is 13.8. The van der Waals surface area contributed by atoms with Crippen LogP contribution in [-0.4, -0.2) is 33.9 Å². The highest BCUT2D eigenvalue weighted by Crippen LogP contribution is 2.26. The van der Waals surface area contributed by atoms with Crippen LogP contribution < -0.4 is 5.32 Å². The summed E-state index contributed by atoms with van der Waals surface area (Å²) in [5, 5.41) is 12.7. The van der Waals surface area contributed by atoms with Crippen LogP contribution in [0.3, 0.4) is 0 Å². The number of nitrogens with one attached hydrogen (secondary N) is 1. The maximum atomic E-state index is 12.4. The van der Waals surface area contributed by atoms with E-state index in [0.717, 1.165) is 10.5 Å². The molecule has 2 aromatic carbocycles. The van der Waals surface area contributed by atoms with E-state index >= 15 is 0 Å². The second-order valence-corrected chi connectivity index (χ2v) is 6.08. The fourth-order valence-electron chi connectivity index (χ4n) is 2.58. The first-order valence-corrected chi connectivity index (χ1v) is 8.40. The molecule has 2 aromatic rings. The first-order chi connectivity index (χ1) is 12.6. The van der Waals surface area contributed by atoms with Gasteiger partial charge in [-0.05, 0) is 5.56 Å². The van der Waals surface area contributed by atoms with Gasteiger partial charge in [0.2, 0.25) is 5.88 Å². The van der Waals surface area contributed by atoms with Gasteiger partial charge in [0.25, 0.3) is 5.91 Å². The fraction of sp³-hybridized carbons (Fsp3) is 0.158. The minimum Gasteiger partial charge on any atom is -0.493 e. The molecule has 1 aliphatic rings. The van der Waals surface area contributed by atoms with Gasteiger partial charge >= 0.3 is 5.97 Å². The van der Waals surface area contributed by atoms with E-state index < -0.39 is 17.4 Å². The highest BCUT2D eigenvalue weighted by atomic mass is 35.5. The molecule has 0 saturated heterocycles. The Hall–Kier alpha value is -2.99. The van der Waals surface area contributed by atoms with E-state index in [1.165, 1.54) is 0 Å². The van der Waals surface area contributed by atoms with Crippen molar-refractivity contribution in [2.24, 2.45) is 0 Å². The molecule has 1 unspecified atom stereocenters. The summed E-state index contributed by atoms with van der Waals surface area (Å²) < 4.78 is 5.23. The predicted octanol–water partition coefficient (Wildman–Crippen LogP) is 2.61. The van der Waals surface area contributed by atoms with E-state index in [9.17, 15) is 14.7 Å². The van der Waals surface area contributed by atoms with Crippen LogP contribution in [0.5, 0.6) is 0 Å². The summed E-state index contributed by atoms with van der Waals surface area (Å²) in [5.41, 5.74) is 0.434. The molecule has 0 spiro atoms. The Bertz CT molecular complexity index is 824. The smallest absolute Gasteiger partial charge is 0.326 e. The second-order valence-electron chi connectivity index (χ2n) is 5.64. The molecule has 3 rings (SSSR count). The van der Waals surface area contributed by atoms with Crippen LogP contribution in [0.1, 0.15) is 11.1 Å². The van der Waals surface area contributed by atoms with Crippen molar-refractivity contribution in [3.63, 3.8) is 0 Å². The largest absolute Gasteiger partial charge is 0.493 e. The number of nitrogens with zero attached hydrogens (tertiary/aromatic N) is 1. The minimum absolute atomic E-state index is 0.0978. The van der Waals surface area contributed by atoms with Gasteiger partial charge in [0, 0.05) is 5.56 Å². The first kappa shape index (κ1) is 17.8. The summed E-state index contributed by atoms with van der Waals surface area (Å²) in [5.74, 6) is -1.42. The molecule has 1 aliphatic heterocycles. The number of hydrogen-bond donors (Lipinski definition) is 2. The highest BCUT2D eigenvalue weighted by Gasteiger charge is 2.35. The van der Waals surface area contributed by atoms with Crippen molar-refractivity contribution in [3.8, 4) is 0 Å². The van der Waals surface area contributed by atoms with E-state index in [1.54, 1.807) is 24.3 Å². The zero-order valence-corrected chi connectivity index (χ0v) is 14.5. The number of aliphatic hydroxyl groups is 1. The van der Waals surface area contributed by atoms with E-state index in [-0.39, 0.29) is 24.7 Å². The SMILES string of the molecule is O=C(CN1C(=O)C(Cl)NC(O)=C1c1ccccc1)OCc1ccccc1. The number of aliphatic hydroxyl groups excluding tert-OH is 1. The monoisotopic (exact) mass is 372 g/mol. The van der Waals surface area contributed by atoms with Crippen molar-refractivity contribution in [2.75, 3.05) is 6.54 Å². The molecule has 0 saturated carbocycles. The average molecular weight is 373 g/mol. The summed E-state index contributed by atoms with van der Waals surface area (Å²) in [7, 11) is 0. The topological polar surface area (TPSA) is 78.9 Å². The Morgan fingerprint density at radius 3 is 2.38 bits per heavy atom. The Kier molecular flexibility index (Phi) is 5.43. The lowest BCUT2D eigenvalue weighted by Gasteiger charge is -2.32.